The van der Waals surface area contributed by atoms with Gasteiger partial charge < -0.3 is 14.8 Å². The predicted octanol–water partition coefficient (Wildman–Crippen LogP) is 6.15. The molecule has 1 aromatic carbocycles. The number of halogens is 2. The molecule has 2 amide bonds. The average Bonchev–Trinajstić information content (AvgIpc) is 3.34. The number of likely N-dealkylation sites (tertiary alicyclic amines) is 1. The van der Waals surface area contributed by atoms with Crippen LogP contribution in [0.3, 0.4) is 0 Å². The Morgan fingerprint density at radius 3 is 2.60 bits per heavy atom. The molecule has 2 aromatic rings. The number of aryl methyl sites for hydroxylation is 1. The van der Waals surface area contributed by atoms with Crippen LogP contribution in [0.15, 0.2) is 77.3 Å². The second-order valence-electron chi connectivity index (χ2n) is 9.93. The third-order valence-corrected chi connectivity index (χ3v) is 7.22. The molecule has 1 aliphatic heterocycles. The monoisotopic (exact) mass is 565 g/mol. The molecule has 0 spiro atoms. The van der Waals surface area contributed by atoms with E-state index in [9.17, 15) is 18.8 Å². The molecule has 1 N–H and O–H groups in total. The Morgan fingerprint density at radius 1 is 1.18 bits per heavy atom. The van der Waals surface area contributed by atoms with Crippen molar-refractivity contribution in [3.63, 3.8) is 0 Å². The number of hydrogen-bond acceptors (Lipinski definition) is 3. The Morgan fingerprint density at radius 2 is 1.95 bits per heavy atom. The standard InChI is InChI=1S/C32H37ClFN3O3/c1-5-9-24-17-29(34)26(16-27(24)28(33)7-3)18-35-32(40)25-13-14-31(39)37(21-25)20-23(6-2)12-11-22(4)19-36-15-8-10-30(36)38/h6-7,11-14,16-17,21H,2,5,8-10,15,18-20H2,1,3-4H3,(H,35,40)/b22-11+,23-12+,28-7+. The second-order valence-corrected chi connectivity index (χ2v) is 10.3. The first-order chi connectivity index (χ1) is 19.2. The minimum atomic E-state index is -0.431. The molecule has 0 aliphatic carbocycles. The molecule has 1 fully saturated rings. The van der Waals surface area contributed by atoms with E-state index < -0.39 is 11.7 Å². The SMILES string of the molecule is C=C/C(=C\C=C(/C)CN1CCCC1=O)Cn1cc(C(=O)NCc2cc(/C(Cl)=C\C)c(CCC)cc2F)ccc1=O. The lowest BCUT2D eigenvalue weighted by atomic mass is 9.99. The van der Waals surface area contributed by atoms with Gasteiger partial charge in [-0.1, -0.05) is 61.4 Å². The van der Waals surface area contributed by atoms with Gasteiger partial charge in [0.05, 0.1) is 12.1 Å². The predicted molar refractivity (Wildman–Crippen MR) is 160 cm³/mol. The maximum Gasteiger partial charge on any atom is 0.253 e. The van der Waals surface area contributed by atoms with Gasteiger partial charge in [0.1, 0.15) is 5.82 Å². The molecule has 8 heteroatoms. The van der Waals surface area contributed by atoms with E-state index in [2.05, 4.69) is 11.9 Å². The number of nitrogens with one attached hydrogen (secondary N) is 1. The fourth-order valence-corrected chi connectivity index (χ4v) is 4.75. The van der Waals surface area contributed by atoms with Crippen molar-refractivity contribution in [2.75, 3.05) is 13.1 Å². The molecule has 1 aromatic heterocycles. The fraction of sp³-hybridized carbons (Fsp3) is 0.344. The summed E-state index contributed by atoms with van der Waals surface area (Å²) >= 11 is 6.37. The number of carbonyl (C=O) groups excluding carboxylic acids is 2. The number of amides is 2. The van der Waals surface area contributed by atoms with Crippen LogP contribution in [-0.4, -0.2) is 34.4 Å². The lowest BCUT2D eigenvalue weighted by Gasteiger charge is -2.15. The Kier molecular flexibility index (Phi) is 11.3. The molecule has 0 unspecified atom stereocenters. The Bertz CT molecular complexity index is 1420. The summed E-state index contributed by atoms with van der Waals surface area (Å²) in [7, 11) is 0. The molecule has 3 rings (SSSR count). The van der Waals surface area contributed by atoms with Crippen LogP contribution in [0.25, 0.3) is 5.03 Å². The number of benzene rings is 1. The van der Waals surface area contributed by atoms with Gasteiger partial charge in [-0.3, -0.25) is 14.4 Å². The Hall–Kier alpha value is -3.71. The second kappa shape index (κ2) is 14.6. The molecular formula is C32H37ClFN3O3. The van der Waals surface area contributed by atoms with Crippen LogP contribution in [-0.2, 0) is 24.3 Å². The van der Waals surface area contributed by atoms with Gasteiger partial charge in [-0.25, -0.2) is 4.39 Å². The highest BCUT2D eigenvalue weighted by Crippen LogP contribution is 2.27. The van der Waals surface area contributed by atoms with Crippen molar-refractivity contribution in [1.29, 1.82) is 0 Å². The molecule has 40 heavy (non-hydrogen) atoms. The highest BCUT2D eigenvalue weighted by Gasteiger charge is 2.19. The van der Waals surface area contributed by atoms with Crippen molar-refractivity contribution in [1.82, 2.24) is 14.8 Å². The third-order valence-electron chi connectivity index (χ3n) is 6.80. The summed E-state index contributed by atoms with van der Waals surface area (Å²) in [6.45, 7) is 11.2. The van der Waals surface area contributed by atoms with Crippen LogP contribution in [0.1, 0.15) is 67.1 Å². The topological polar surface area (TPSA) is 71.4 Å². The molecule has 212 valence electrons. The van der Waals surface area contributed by atoms with Gasteiger partial charge in [-0.15, -0.1) is 0 Å². The van der Waals surface area contributed by atoms with E-state index in [1.54, 1.807) is 18.2 Å². The van der Waals surface area contributed by atoms with Crippen molar-refractivity contribution >= 4 is 28.4 Å². The number of aromatic nitrogens is 1. The normalized spacial score (nSPS) is 14.6. The number of pyridine rings is 1. The maximum absolute atomic E-state index is 14.8. The molecule has 1 aliphatic rings. The van der Waals surface area contributed by atoms with Gasteiger partial charge in [-0.2, -0.15) is 0 Å². The molecule has 0 atom stereocenters. The number of allylic oxidation sites excluding steroid dienone is 5. The summed E-state index contributed by atoms with van der Waals surface area (Å²) in [5, 5.41) is 3.28. The molecule has 0 bridgehead atoms. The van der Waals surface area contributed by atoms with Gasteiger partial charge in [0.15, 0.2) is 0 Å². The number of hydrogen-bond donors (Lipinski definition) is 1. The van der Waals surface area contributed by atoms with Crippen LogP contribution in [0, 0.1) is 5.82 Å². The van der Waals surface area contributed by atoms with E-state index in [4.69, 9.17) is 11.6 Å². The first-order valence-corrected chi connectivity index (χ1v) is 13.9. The van der Waals surface area contributed by atoms with E-state index in [1.165, 1.54) is 29.0 Å². The van der Waals surface area contributed by atoms with Gasteiger partial charge >= 0.3 is 0 Å². The average molecular weight is 566 g/mol. The zero-order chi connectivity index (χ0) is 29.2. The van der Waals surface area contributed by atoms with Crippen molar-refractivity contribution < 1.29 is 14.0 Å². The highest BCUT2D eigenvalue weighted by atomic mass is 35.5. The Labute approximate surface area is 240 Å². The number of rotatable bonds is 12. The quantitative estimate of drug-likeness (QED) is 0.314. The van der Waals surface area contributed by atoms with E-state index >= 15 is 0 Å². The summed E-state index contributed by atoms with van der Waals surface area (Å²) in [6, 6.07) is 5.94. The molecule has 0 radical (unpaired) electrons. The summed E-state index contributed by atoms with van der Waals surface area (Å²) in [5.74, 6) is -0.670. The molecule has 6 nitrogen and oxygen atoms in total. The molecule has 1 saturated heterocycles. The van der Waals surface area contributed by atoms with Crippen molar-refractivity contribution in [2.24, 2.45) is 0 Å². The zero-order valence-corrected chi connectivity index (χ0v) is 24.2. The summed E-state index contributed by atoms with van der Waals surface area (Å²) in [4.78, 5) is 39.2. The number of nitrogens with zero attached hydrogens (tertiary/aromatic N) is 2. The van der Waals surface area contributed by atoms with Gasteiger partial charge in [0.25, 0.3) is 11.5 Å². The minimum Gasteiger partial charge on any atom is -0.348 e. The van der Waals surface area contributed by atoms with Gasteiger partial charge in [0, 0.05) is 48.9 Å². The van der Waals surface area contributed by atoms with Crippen molar-refractivity contribution in [3.8, 4) is 0 Å². The minimum absolute atomic E-state index is 0.0293. The smallest absolute Gasteiger partial charge is 0.253 e. The lowest BCUT2D eigenvalue weighted by molar-refractivity contribution is -0.127. The van der Waals surface area contributed by atoms with E-state index in [0.29, 0.717) is 30.0 Å². The third kappa shape index (κ3) is 8.15. The van der Waals surface area contributed by atoms with Gasteiger partial charge in [0.2, 0.25) is 5.91 Å². The maximum atomic E-state index is 14.8. The van der Waals surface area contributed by atoms with Crippen LogP contribution in [0.5, 0.6) is 0 Å². The van der Waals surface area contributed by atoms with Crippen LogP contribution < -0.4 is 10.9 Å². The zero-order valence-electron chi connectivity index (χ0n) is 23.4. The fourth-order valence-electron chi connectivity index (χ4n) is 4.57. The van der Waals surface area contributed by atoms with E-state index in [-0.39, 0.29) is 30.1 Å². The van der Waals surface area contributed by atoms with Gasteiger partial charge in [-0.05, 0) is 61.6 Å². The van der Waals surface area contributed by atoms with Crippen molar-refractivity contribution in [3.05, 3.63) is 111 Å². The van der Waals surface area contributed by atoms with E-state index in [0.717, 1.165) is 41.7 Å². The highest BCUT2D eigenvalue weighted by molar-refractivity contribution is 6.48. The van der Waals surface area contributed by atoms with E-state index in [1.807, 2.05) is 37.8 Å². The largest absolute Gasteiger partial charge is 0.348 e. The summed E-state index contributed by atoms with van der Waals surface area (Å²) in [5.41, 5.74) is 3.70. The van der Waals surface area contributed by atoms with Crippen LogP contribution in [0.2, 0.25) is 0 Å². The first kappa shape index (κ1) is 30.8. The molecule has 0 saturated carbocycles. The molecule has 2 heterocycles. The first-order valence-electron chi connectivity index (χ1n) is 13.6. The number of carbonyl (C=O) groups is 2. The summed E-state index contributed by atoms with van der Waals surface area (Å²) < 4.78 is 16.3. The Balaban J connectivity index is 1.73. The van der Waals surface area contributed by atoms with Crippen LogP contribution >= 0.6 is 11.6 Å². The summed E-state index contributed by atoms with van der Waals surface area (Å²) in [6.07, 6.45) is 11.7. The molecular weight excluding hydrogens is 529 g/mol. The van der Waals surface area contributed by atoms with Crippen LogP contribution in [0.4, 0.5) is 4.39 Å². The van der Waals surface area contributed by atoms with Crippen molar-refractivity contribution in [2.45, 2.75) is 59.5 Å². The lowest BCUT2D eigenvalue weighted by Crippen LogP contribution is -2.27.